The van der Waals surface area contributed by atoms with Crippen molar-refractivity contribution in [1.29, 1.82) is 0 Å². The Hall–Kier alpha value is -2.51. The van der Waals surface area contributed by atoms with E-state index < -0.39 is 5.60 Å². The molecule has 0 fully saturated rings. The zero-order chi connectivity index (χ0) is 25.9. The lowest BCUT2D eigenvalue weighted by Crippen LogP contribution is -2.30. The molecule has 0 bridgehead atoms. The van der Waals surface area contributed by atoms with Gasteiger partial charge >= 0.3 is 5.97 Å². The maximum Gasteiger partial charge on any atom is 0.306 e. The monoisotopic (exact) mass is 562 g/mol. The van der Waals surface area contributed by atoms with Crippen molar-refractivity contribution < 1.29 is 18.7 Å². The molecule has 3 aromatic rings. The number of aromatic nitrogens is 1. The number of ether oxygens (including phenoxy) is 1. The van der Waals surface area contributed by atoms with Gasteiger partial charge in [-0.1, -0.05) is 33.6 Å². The Labute approximate surface area is 218 Å². The van der Waals surface area contributed by atoms with Gasteiger partial charge < -0.3 is 10.1 Å². The number of carbonyl (C=O) groups excluding carboxylic acids is 2. The number of carbonyl (C=O) groups is 2. The minimum absolute atomic E-state index is 0.143. The van der Waals surface area contributed by atoms with Gasteiger partial charge in [0.15, 0.2) is 0 Å². The lowest BCUT2D eigenvalue weighted by Gasteiger charge is -2.23. The summed E-state index contributed by atoms with van der Waals surface area (Å²) in [4.78, 5) is 30.1. The standard InChI is InChI=1S/C27H29BrClFN2O3/c1-15-6-9-19(30)13-20(15)17(7-11-23(33)35-27(3,4)5)14-31-26(34)24-16(2)25(29)32-22-10-8-18(28)12-21(22)24/h6,8-10,12-13,17H,7,11,14H2,1-5H3,(H,31,34). The normalized spacial score (nSPS) is 12.5. The molecule has 186 valence electrons. The predicted octanol–water partition coefficient (Wildman–Crippen LogP) is 7.04. The van der Waals surface area contributed by atoms with E-state index in [9.17, 15) is 14.0 Å². The molecule has 8 heteroatoms. The Bertz CT molecular complexity index is 1270. The molecule has 1 heterocycles. The van der Waals surface area contributed by atoms with E-state index in [1.54, 1.807) is 19.1 Å². The van der Waals surface area contributed by atoms with Crippen LogP contribution in [0.4, 0.5) is 4.39 Å². The molecule has 2 aromatic carbocycles. The first-order chi connectivity index (χ1) is 16.4. The topological polar surface area (TPSA) is 68.3 Å². The second-order valence-electron chi connectivity index (χ2n) is 9.60. The van der Waals surface area contributed by atoms with Crippen LogP contribution >= 0.6 is 27.5 Å². The van der Waals surface area contributed by atoms with Crippen molar-refractivity contribution in [2.75, 3.05) is 6.54 Å². The summed E-state index contributed by atoms with van der Waals surface area (Å²) in [6, 6.07) is 10.0. The van der Waals surface area contributed by atoms with Gasteiger partial charge in [0.2, 0.25) is 0 Å². The summed E-state index contributed by atoms with van der Waals surface area (Å²) in [6.45, 7) is 9.27. The zero-order valence-electron chi connectivity index (χ0n) is 20.5. The maximum atomic E-state index is 14.1. The fourth-order valence-electron chi connectivity index (χ4n) is 4.00. The Morgan fingerprint density at radius 1 is 1.17 bits per heavy atom. The highest BCUT2D eigenvalue weighted by Crippen LogP contribution is 2.30. The van der Waals surface area contributed by atoms with Gasteiger partial charge in [0.1, 0.15) is 16.6 Å². The quantitative estimate of drug-likeness (QED) is 0.247. The van der Waals surface area contributed by atoms with Gasteiger partial charge in [-0.2, -0.15) is 0 Å². The average molecular weight is 564 g/mol. The minimum Gasteiger partial charge on any atom is -0.460 e. The molecule has 1 unspecified atom stereocenters. The number of esters is 1. The third kappa shape index (κ3) is 7.01. The first kappa shape index (κ1) is 27.1. The third-order valence-corrected chi connectivity index (χ3v) is 6.53. The lowest BCUT2D eigenvalue weighted by atomic mass is 9.90. The van der Waals surface area contributed by atoms with Crippen molar-refractivity contribution in [3.8, 4) is 0 Å². The molecule has 1 aromatic heterocycles. The Morgan fingerprint density at radius 3 is 2.57 bits per heavy atom. The van der Waals surface area contributed by atoms with Crippen LogP contribution in [0.1, 0.15) is 66.6 Å². The summed E-state index contributed by atoms with van der Waals surface area (Å²) in [6.07, 6.45) is 0.533. The summed E-state index contributed by atoms with van der Waals surface area (Å²) in [5.41, 5.74) is 2.64. The molecular weight excluding hydrogens is 535 g/mol. The largest absolute Gasteiger partial charge is 0.460 e. The van der Waals surface area contributed by atoms with Crippen LogP contribution in [0.2, 0.25) is 5.15 Å². The molecule has 0 saturated heterocycles. The molecule has 0 spiro atoms. The van der Waals surface area contributed by atoms with Gasteiger partial charge in [-0.25, -0.2) is 9.37 Å². The zero-order valence-corrected chi connectivity index (χ0v) is 22.8. The van der Waals surface area contributed by atoms with E-state index >= 15 is 0 Å². The molecular formula is C27H29BrClFN2O3. The number of nitrogens with one attached hydrogen (secondary N) is 1. The number of amides is 1. The summed E-state index contributed by atoms with van der Waals surface area (Å²) in [5, 5.41) is 3.91. The van der Waals surface area contributed by atoms with Crippen LogP contribution in [0.25, 0.3) is 10.9 Å². The van der Waals surface area contributed by atoms with Crippen LogP contribution in [0.15, 0.2) is 40.9 Å². The van der Waals surface area contributed by atoms with Gasteiger partial charge in [0.25, 0.3) is 5.91 Å². The van der Waals surface area contributed by atoms with Crippen LogP contribution in [0, 0.1) is 19.7 Å². The van der Waals surface area contributed by atoms with E-state index in [2.05, 4.69) is 26.2 Å². The number of hydrogen-bond acceptors (Lipinski definition) is 4. The molecule has 0 aliphatic rings. The molecule has 1 N–H and O–H groups in total. The van der Waals surface area contributed by atoms with E-state index in [0.717, 1.165) is 15.6 Å². The summed E-state index contributed by atoms with van der Waals surface area (Å²) in [7, 11) is 0. The minimum atomic E-state index is -0.594. The van der Waals surface area contributed by atoms with Crippen LogP contribution in [0.5, 0.6) is 0 Å². The molecule has 35 heavy (non-hydrogen) atoms. The van der Waals surface area contributed by atoms with Crippen LogP contribution in [-0.4, -0.2) is 29.0 Å². The van der Waals surface area contributed by atoms with Gasteiger partial charge in [0.05, 0.1) is 11.1 Å². The van der Waals surface area contributed by atoms with E-state index in [1.807, 2.05) is 39.8 Å². The Morgan fingerprint density at radius 2 is 1.89 bits per heavy atom. The first-order valence-electron chi connectivity index (χ1n) is 11.4. The molecule has 5 nitrogen and oxygen atoms in total. The van der Waals surface area contributed by atoms with E-state index in [-0.39, 0.29) is 41.7 Å². The van der Waals surface area contributed by atoms with Gasteiger partial charge in [-0.05, 0) is 88.1 Å². The summed E-state index contributed by atoms with van der Waals surface area (Å²) >= 11 is 9.76. The number of nitrogens with zero attached hydrogens (tertiary/aromatic N) is 1. The Kier molecular flexibility index (Phi) is 8.54. The van der Waals surface area contributed by atoms with Crippen LogP contribution < -0.4 is 5.32 Å². The van der Waals surface area contributed by atoms with Gasteiger partial charge in [0, 0.05) is 28.7 Å². The van der Waals surface area contributed by atoms with E-state index in [1.165, 1.54) is 12.1 Å². The second kappa shape index (κ2) is 11.0. The Balaban J connectivity index is 1.88. The number of pyridine rings is 1. The number of rotatable bonds is 7. The average Bonchev–Trinajstić information content (AvgIpc) is 2.75. The SMILES string of the molecule is Cc1ccc(F)cc1C(CCC(=O)OC(C)(C)C)CNC(=O)c1c(C)c(Cl)nc2ccc(Br)cc12. The molecule has 0 aliphatic carbocycles. The van der Waals surface area contributed by atoms with Gasteiger partial charge in [-0.3, -0.25) is 9.59 Å². The van der Waals surface area contributed by atoms with Crippen molar-refractivity contribution in [3.05, 3.63) is 74.1 Å². The maximum absolute atomic E-state index is 14.1. The number of fused-ring (bicyclic) bond motifs is 1. The van der Waals surface area contributed by atoms with E-state index in [4.69, 9.17) is 16.3 Å². The van der Waals surface area contributed by atoms with Crippen molar-refractivity contribution in [1.82, 2.24) is 10.3 Å². The highest BCUT2D eigenvalue weighted by molar-refractivity contribution is 9.10. The fourth-order valence-corrected chi connectivity index (χ4v) is 4.55. The molecule has 3 rings (SSSR count). The number of hydrogen-bond donors (Lipinski definition) is 1. The summed E-state index contributed by atoms with van der Waals surface area (Å²) < 4.78 is 20.3. The molecule has 0 aliphatic heterocycles. The fraction of sp³-hybridized carbons (Fsp3) is 0.370. The third-order valence-electron chi connectivity index (χ3n) is 5.67. The molecule has 1 amide bonds. The number of aryl methyl sites for hydroxylation is 1. The number of benzene rings is 2. The lowest BCUT2D eigenvalue weighted by molar-refractivity contribution is -0.155. The van der Waals surface area contributed by atoms with Crippen molar-refractivity contribution in [3.63, 3.8) is 0 Å². The van der Waals surface area contributed by atoms with Crippen LogP contribution in [-0.2, 0) is 9.53 Å². The van der Waals surface area contributed by atoms with Crippen LogP contribution in [0.3, 0.4) is 0 Å². The van der Waals surface area contributed by atoms with Crippen molar-refractivity contribution in [2.45, 2.75) is 59.0 Å². The number of halogens is 3. The highest BCUT2D eigenvalue weighted by atomic mass is 79.9. The summed E-state index contributed by atoms with van der Waals surface area (Å²) in [5.74, 6) is -1.31. The predicted molar refractivity (Wildman–Crippen MR) is 140 cm³/mol. The second-order valence-corrected chi connectivity index (χ2v) is 10.9. The molecule has 0 saturated carbocycles. The highest BCUT2D eigenvalue weighted by Gasteiger charge is 2.23. The molecule has 1 atom stereocenters. The van der Waals surface area contributed by atoms with Crippen molar-refractivity contribution >= 4 is 50.3 Å². The molecule has 0 radical (unpaired) electrons. The van der Waals surface area contributed by atoms with E-state index in [0.29, 0.717) is 28.5 Å². The first-order valence-corrected chi connectivity index (χ1v) is 12.5. The van der Waals surface area contributed by atoms with Gasteiger partial charge in [-0.15, -0.1) is 0 Å². The van der Waals surface area contributed by atoms with Crippen molar-refractivity contribution in [2.24, 2.45) is 0 Å². The smallest absolute Gasteiger partial charge is 0.306 e.